The molecule has 0 aromatic heterocycles. The summed E-state index contributed by atoms with van der Waals surface area (Å²) in [5, 5.41) is 0. The quantitative estimate of drug-likeness (QED) is 0.308. The molecular weight excluding hydrogens is 464 g/mol. The summed E-state index contributed by atoms with van der Waals surface area (Å²) in [6.07, 6.45) is 1.72. The van der Waals surface area contributed by atoms with Gasteiger partial charge in [-0.25, -0.2) is 4.79 Å². The van der Waals surface area contributed by atoms with E-state index in [1.165, 1.54) is 7.11 Å². The average molecular weight is 484 g/mol. The van der Waals surface area contributed by atoms with Crippen LogP contribution in [-0.4, -0.2) is 38.0 Å². The first-order valence-corrected chi connectivity index (χ1v) is 11.4. The molecule has 3 aromatic carbocycles. The molecule has 0 amide bonds. The van der Waals surface area contributed by atoms with Crippen LogP contribution in [0.5, 0.6) is 23.0 Å². The minimum absolute atomic E-state index is 0.0692. The predicted molar refractivity (Wildman–Crippen MR) is 127 cm³/mol. The number of ether oxygens (including phenoxy) is 5. The Balaban J connectivity index is 1.38. The fourth-order valence-electron chi connectivity index (χ4n) is 4.66. The van der Waals surface area contributed by atoms with E-state index in [0.29, 0.717) is 52.9 Å². The van der Waals surface area contributed by atoms with Crippen LogP contribution in [0.15, 0.2) is 60.4 Å². The summed E-state index contributed by atoms with van der Waals surface area (Å²) >= 11 is 0. The number of carbonyl (C=O) groups is 3. The molecule has 0 saturated carbocycles. The Morgan fingerprint density at radius 3 is 2.44 bits per heavy atom. The lowest BCUT2D eigenvalue weighted by Gasteiger charge is -2.26. The number of Topliss-reactive ketones (excluding diaryl/α,β-unsaturated/α-hetero) is 1. The Bertz CT molecular complexity index is 1450. The Labute approximate surface area is 206 Å². The third-order valence-corrected chi connectivity index (χ3v) is 6.38. The Morgan fingerprint density at radius 2 is 1.67 bits per heavy atom. The first-order chi connectivity index (χ1) is 17.5. The maximum atomic E-state index is 13.2. The van der Waals surface area contributed by atoms with Gasteiger partial charge < -0.3 is 23.7 Å². The monoisotopic (exact) mass is 484 g/mol. The second kappa shape index (κ2) is 8.57. The molecule has 0 bridgehead atoms. The molecule has 0 aliphatic carbocycles. The summed E-state index contributed by atoms with van der Waals surface area (Å²) in [7, 11) is 1.32. The topological polar surface area (TPSA) is 97.4 Å². The highest BCUT2D eigenvalue weighted by atomic mass is 16.6. The van der Waals surface area contributed by atoms with E-state index in [4.69, 9.17) is 23.7 Å². The number of esters is 2. The smallest absolute Gasteiger partial charge is 0.337 e. The van der Waals surface area contributed by atoms with Gasteiger partial charge in [-0.3, -0.25) is 9.59 Å². The molecule has 36 heavy (non-hydrogen) atoms. The minimum Gasteiger partial charge on any atom is -0.486 e. The normalized spacial score (nSPS) is 18.7. The number of hydrogen-bond donors (Lipinski definition) is 0. The van der Waals surface area contributed by atoms with E-state index in [0.717, 1.165) is 11.1 Å². The van der Waals surface area contributed by atoms with E-state index in [1.807, 2.05) is 6.07 Å². The van der Waals surface area contributed by atoms with Crippen molar-refractivity contribution in [3.05, 3.63) is 88.2 Å². The van der Waals surface area contributed by atoms with Crippen molar-refractivity contribution in [3.8, 4) is 23.0 Å². The van der Waals surface area contributed by atoms with Crippen LogP contribution in [0.3, 0.4) is 0 Å². The van der Waals surface area contributed by atoms with Gasteiger partial charge in [-0.05, 0) is 53.6 Å². The largest absolute Gasteiger partial charge is 0.486 e. The third kappa shape index (κ3) is 3.67. The maximum absolute atomic E-state index is 13.2. The summed E-state index contributed by atoms with van der Waals surface area (Å²) in [5.41, 5.74) is 2.93. The number of fused-ring (bicyclic) bond motifs is 4. The Kier molecular flexibility index (Phi) is 5.21. The van der Waals surface area contributed by atoms with Crippen molar-refractivity contribution < 1.29 is 38.1 Å². The van der Waals surface area contributed by atoms with Crippen LogP contribution in [0.1, 0.15) is 49.7 Å². The number of benzene rings is 3. The molecule has 3 aromatic rings. The second-order valence-electron chi connectivity index (χ2n) is 8.54. The Hall–Kier alpha value is -4.59. The molecule has 0 saturated heterocycles. The molecule has 1 unspecified atom stereocenters. The number of rotatable bonds is 3. The van der Waals surface area contributed by atoms with Gasteiger partial charge in [-0.2, -0.15) is 0 Å². The second-order valence-corrected chi connectivity index (χ2v) is 8.54. The van der Waals surface area contributed by atoms with E-state index < -0.39 is 11.9 Å². The highest BCUT2D eigenvalue weighted by molar-refractivity contribution is 6.15. The maximum Gasteiger partial charge on any atom is 0.337 e. The van der Waals surface area contributed by atoms with Gasteiger partial charge in [0.2, 0.25) is 5.78 Å². The lowest BCUT2D eigenvalue weighted by Crippen LogP contribution is -2.21. The number of methoxy groups -OCH3 is 1. The zero-order valence-corrected chi connectivity index (χ0v) is 19.2. The first kappa shape index (κ1) is 21.9. The fourth-order valence-corrected chi connectivity index (χ4v) is 4.66. The van der Waals surface area contributed by atoms with Crippen LogP contribution in [-0.2, 0) is 9.53 Å². The van der Waals surface area contributed by atoms with Gasteiger partial charge in [0.15, 0.2) is 17.3 Å². The van der Waals surface area contributed by atoms with E-state index in [-0.39, 0.29) is 23.9 Å². The van der Waals surface area contributed by atoms with Gasteiger partial charge in [0.25, 0.3) is 0 Å². The molecule has 1 atom stereocenters. The van der Waals surface area contributed by atoms with Crippen molar-refractivity contribution in [2.45, 2.75) is 12.3 Å². The molecule has 3 heterocycles. The molecule has 8 heteroatoms. The van der Waals surface area contributed by atoms with Crippen LogP contribution in [0.2, 0.25) is 0 Å². The van der Waals surface area contributed by atoms with Gasteiger partial charge in [-0.15, -0.1) is 0 Å². The van der Waals surface area contributed by atoms with Crippen LogP contribution in [0.25, 0.3) is 6.08 Å². The number of hydrogen-bond acceptors (Lipinski definition) is 8. The summed E-state index contributed by atoms with van der Waals surface area (Å²) < 4.78 is 27.6. The average Bonchev–Trinajstić information content (AvgIpc) is 3.22. The highest BCUT2D eigenvalue weighted by Crippen LogP contribution is 2.49. The van der Waals surface area contributed by atoms with Gasteiger partial charge in [0.05, 0.1) is 24.7 Å². The van der Waals surface area contributed by atoms with Crippen molar-refractivity contribution >= 4 is 23.8 Å². The van der Waals surface area contributed by atoms with Crippen molar-refractivity contribution in [1.82, 2.24) is 0 Å². The first-order valence-electron chi connectivity index (χ1n) is 11.4. The number of allylic oxidation sites excluding steroid dienone is 1. The molecule has 180 valence electrons. The zero-order valence-electron chi connectivity index (χ0n) is 19.2. The molecule has 3 aliphatic heterocycles. The SMILES string of the molecule is COC(=O)c1ccc(C2CC(=O)Oc3ccc4c(c32)OC(=Cc2ccc3c(c2)OCCO3)C4=O)cc1. The number of ketones is 1. The third-order valence-electron chi connectivity index (χ3n) is 6.38. The molecule has 0 spiro atoms. The van der Waals surface area contributed by atoms with Crippen molar-refractivity contribution in [1.29, 1.82) is 0 Å². The van der Waals surface area contributed by atoms with Crippen molar-refractivity contribution in [2.75, 3.05) is 20.3 Å². The van der Waals surface area contributed by atoms with Crippen molar-refractivity contribution in [3.63, 3.8) is 0 Å². The van der Waals surface area contributed by atoms with E-state index in [2.05, 4.69) is 0 Å². The van der Waals surface area contributed by atoms with Crippen LogP contribution in [0, 0.1) is 0 Å². The lowest BCUT2D eigenvalue weighted by molar-refractivity contribution is -0.135. The summed E-state index contributed by atoms with van der Waals surface area (Å²) in [6.45, 7) is 0.952. The molecule has 6 rings (SSSR count). The summed E-state index contributed by atoms with van der Waals surface area (Å²) in [6, 6.07) is 15.5. The van der Waals surface area contributed by atoms with Gasteiger partial charge in [0.1, 0.15) is 24.7 Å². The van der Waals surface area contributed by atoms with Crippen LogP contribution >= 0.6 is 0 Å². The van der Waals surface area contributed by atoms with Crippen molar-refractivity contribution in [2.24, 2.45) is 0 Å². The van der Waals surface area contributed by atoms with Gasteiger partial charge >= 0.3 is 11.9 Å². The molecule has 3 aliphatic rings. The lowest BCUT2D eigenvalue weighted by atomic mass is 9.84. The highest BCUT2D eigenvalue weighted by Gasteiger charge is 2.38. The molecular formula is C28H20O8. The minimum atomic E-state index is -0.450. The predicted octanol–water partition coefficient (Wildman–Crippen LogP) is 4.30. The molecule has 8 nitrogen and oxygen atoms in total. The van der Waals surface area contributed by atoms with E-state index in [1.54, 1.807) is 54.6 Å². The summed E-state index contributed by atoms with van der Waals surface area (Å²) in [5.74, 6) is 0.627. The molecule has 0 radical (unpaired) electrons. The van der Waals surface area contributed by atoms with E-state index in [9.17, 15) is 14.4 Å². The van der Waals surface area contributed by atoms with Crippen LogP contribution in [0.4, 0.5) is 0 Å². The summed E-state index contributed by atoms with van der Waals surface area (Å²) in [4.78, 5) is 37.4. The zero-order chi connectivity index (χ0) is 24.8. The standard InChI is InChI=1S/C28H20O8/c1-32-28(31)17-5-3-16(4-6-17)19-14-24(29)35-21-9-7-18-26(30)23(36-27(18)25(19)21)13-15-2-8-20-22(12-15)34-11-10-33-20/h2-9,12-13,19H,10-11,14H2,1H3. The van der Waals surface area contributed by atoms with Gasteiger partial charge in [-0.1, -0.05) is 18.2 Å². The van der Waals surface area contributed by atoms with E-state index >= 15 is 0 Å². The molecule has 0 N–H and O–H groups in total. The molecule has 0 fully saturated rings. The number of carbonyl (C=O) groups excluding carboxylic acids is 3. The van der Waals surface area contributed by atoms with Gasteiger partial charge in [0, 0.05) is 11.5 Å². The fraction of sp³-hybridized carbons (Fsp3) is 0.179. The van der Waals surface area contributed by atoms with Crippen LogP contribution < -0.4 is 18.9 Å². The Morgan fingerprint density at radius 1 is 0.917 bits per heavy atom.